The van der Waals surface area contributed by atoms with Gasteiger partial charge in [0.25, 0.3) is 11.8 Å². The lowest BCUT2D eigenvalue weighted by Gasteiger charge is -2.16. The Bertz CT molecular complexity index is 1090. The molecule has 30 heavy (non-hydrogen) atoms. The lowest BCUT2D eigenvalue weighted by Crippen LogP contribution is -2.33. The van der Waals surface area contributed by atoms with Gasteiger partial charge in [-0.05, 0) is 61.4 Å². The minimum atomic E-state index is -3.71. The second-order valence-corrected chi connectivity index (χ2v) is 9.00. The molecule has 0 radical (unpaired) electrons. The fourth-order valence-corrected chi connectivity index (χ4v) is 3.82. The molecule has 0 fully saturated rings. The average molecular weight is 433 g/mol. The number of sulfonamides is 1. The molecule has 0 saturated heterocycles. The first-order valence-electron chi connectivity index (χ1n) is 8.95. The Morgan fingerprint density at radius 2 is 1.57 bits per heavy atom. The van der Waals surface area contributed by atoms with E-state index in [9.17, 15) is 22.8 Å². The zero-order valence-electron chi connectivity index (χ0n) is 17.1. The van der Waals surface area contributed by atoms with Gasteiger partial charge < -0.3 is 16.4 Å². The second-order valence-electron chi connectivity index (χ2n) is 6.88. The summed E-state index contributed by atoms with van der Waals surface area (Å²) in [5, 5.41) is 5.04. The third-order valence-corrected chi connectivity index (χ3v) is 6.41. The van der Waals surface area contributed by atoms with Crippen LogP contribution in [0.5, 0.6) is 0 Å². The maximum absolute atomic E-state index is 12.7. The van der Waals surface area contributed by atoms with Gasteiger partial charge in [-0.2, -0.15) is 0 Å². The number of anilines is 1. The van der Waals surface area contributed by atoms with Gasteiger partial charge in [-0.1, -0.05) is 0 Å². The molecule has 0 aliphatic carbocycles. The van der Waals surface area contributed by atoms with Crippen LogP contribution in [0, 0.1) is 13.8 Å². The minimum absolute atomic E-state index is 0.0686. The molecule has 2 aromatic carbocycles. The molecule has 9 nitrogen and oxygen atoms in total. The van der Waals surface area contributed by atoms with Crippen molar-refractivity contribution in [3.63, 3.8) is 0 Å². The van der Waals surface area contributed by atoms with Crippen LogP contribution < -0.4 is 16.4 Å². The van der Waals surface area contributed by atoms with Crippen LogP contribution >= 0.6 is 0 Å². The lowest BCUT2D eigenvalue weighted by molar-refractivity contribution is -0.117. The molecular weight excluding hydrogens is 408 g/mol. The Morgan fingerprint density at radius 3 is 2.10 bits per heavy atom. The zero-order valence-corrected chi connectivity index (χ0v) is 18.0. The van der Waals surface area contributed by atoms with Crippen molar-refractivity contribution in [2.45, 2.75) is 18.7 Å². The van der Waals surface area contributed by atoms with Crippen molar-refractivity contribution < 1.29 is 22.8 Å². The van der Waals surface area contributed by atoms with Gasteiger partial charge in [-0.15, -0.1) is 0 Å². The Kier molecular flexibility index (Phi) is 6.96. The largest absolute Gasteiger partial charge is 0.368 e. The first-order valence-corrected chi connectivity index (χ1v) is 10.4. The molecular formula is C20H24N4O5S. The molecule has 0 atom stereocenters. The molecule has 3 amide bonds. The van der Waals surface area contributed by atoms with E-state index >= 15 is 0 Å². The molecule has 10 heteroatoms. The molecule has 0 bridgehead atoms. The van der Waals surface area contributed by atoms with Crippen LogP contribution in [-0.2, 0) is 14.8 Å². The Labute approximate surface area is 175 Å². The molecule has 0 aliphatic heterocycles. The van der Waals surface area contributed by atoms with Gasteiger partial charge in [-0.3, -0.25) is 14.4 Å². The number of hydrogen-bond donors (Lipinski definition) is 3. The van der Waals surface area contributed by atoms with E-state index < -0.39 is 27.7 Å². The molecule has 0 heterocycles. The number of hydrogen-bond acceptors (Lipinski definition) is 5. The van der Waals surface area contributed by atoms with Gasteiger partial charge >= 0.3 is 0 Å². The van der Waals surface area contributed by atoms with Crippen LogP contribution in [-0.4, -0.2) is 51.1 Å². The van der Waals surface area contributed by atoms with Crippen molar-refractivity contribution >= 4 is 33.4 Å². The Hall–Kier alpha value is -3.24. The van der Waals surface area contributed by atoms with E-state index in [0.717, 1.165) is 4.31 Å². The van der Waals surface area contributed by atoms with Crippen LogP contribution in [0.4, 0.5) is 5.69 Å². The van der Waals surface area contributed by atoms with Crippen molar-refractivity contribution in [1.29, 1.82) is 0 Å². The van der Waals surface area contributed by atoms with Crippen LogP contribution in [0.15, 0.2) is 41.3 Å². The van der Waals surface area contributed by atoms with Crippen LogP contribution in [0.2, 0.25) is 0 Å². The van der Waals surface area contributed by atoms with E-state index in [-0.39, 0.29) is 17.0 Å². The van der Waals surface area contributed by atoms with Crippen LogP contribution in [0.1, 0.15) is 31.8 Å². The predicted molar refractivity (Wildman–Crippen MR) is 113 cm³/mol. The summed E-state index contributed by atoms with van der Waals surface area (Å²) in [7, 11) is -0.853. The average Bonchev–Trinajstić information content (AvgIpc) is 2.68. The third kappa shape index (κ3) is 5.22. The van der Waals surface area contributed by atoms with E-state index in [2.05, 4.69) is 10.6 Å². The van der Waals surface area contributed by atoms with Crippen LogP contribution in [0.25, 0.3) is 0 Å². The van der Waals surface area contributed by atoms with Gasteiger partial charge in [0.15, 0.2) is 0 Å². The van der Waals surface area contributed by atoms with E-state index in [1.165, 1.54) is 44.4 Å². The number of nitrogens with zero attached hydrogens (tertiary/aromatic N) is 1. The highest BCUT2D eigenvalue weighted by molar-refractivity contribution is 7.89. The van der Waals surface area contributed by atoms with Crippen molar-refractivity contribution in [3.05, 3.63) is 58.7 Å². The van der Waals surface area contributed by atoms with Gasteiger partial charge in [0, 0.05) is 30.9 Å². The summed E-state index contributed by atoms with van der Waals surface area (Å²) in [6.45, 7) is 3.15. The van der Waals surface area contributed by atoms with Crippen molar-refractivity contribution in [2.75, 3.05) is 26.0 Å². The van der Waals surface area contributed by atoms with E-state index in [1.54, 1.807) is 19.9 Å². The maximum Gasteiger partial charge on any atom is 0.255 e. The molecule has 0 aliphatic rings. The SMILES string of the molecule is Cc1cc(C(=O)Nc2ccc(C(=O)NCC(N)=O)cc2)cc(S(=O)(=O)N(C)C)c1C. The normalized spacial score (nSPS) is 11.2. The van der Waals surface area contributed by atoms with E-state index in [4.69, 9.17) is 5.73 Å². The number of carbonyl (C=O) groups is 3. The van der Waals surface area contributed by atoms with Crippen molar-refractivity contribution in [3.8, 4) is 0 Å². The van der Waals surface area contributed by atoms with E-state index in [0.29, 0.717) is 22.4 Å². The molecule has 4 N–H and O–H groups in total. The molecule has 0 unspecified atom stereocenters. The summed E-state index contributed by atoms with van der Waals surface area (Å²) in [4.78, 5) is 35.4. The summed E-state index contributed by atoms with van der Waals surface area (Å²) in [6, 6.07) is 8.97. The summed E-state index contributed by atoms with van der Waals surface area (Å²) in [5.74, 6) is -1.62. The molecule has 0 saturated carbocycles. The van der Waals surface area contributed by atoms with Gasteiger partial charge in [-0.25, -0.2) is 12.7 Å². The molecule has 2 aromatic rings. The zero-order chi connectivity index (χ0) is 22.6. The van der Waals surface area contributed by atoms with Crippen molar-refractivity contribution in [1.82, 2.24) is 9.62 Å². The monoisotopic (exact) mass is 432 g/mol. The molecule has 2 rings (SSSR count). The number of primary amides is 1. The summed E-state index contributed by atoms with van der Waals surface area (Å²) >= 11 is 0. The minimum Gasteiger partial charge on any atom is -0.368 e. The molecule has 160 valence electrons. The second kappa shape index (κ2) is 9.06. The Balaban J connectivity index is 2.23. The highest BCUT2D eigenvalue weighted by Crippen LogP contribution is 2.24. The number of benzene rings is 2. The number of amides is 3. The fraction of sp³-hybridized carbons (Fsp3) is 0.250. The topological polar surface area (TPSA) is 139 Å². The fourth-order valence-electron chi connectivity index (χ4n) is 2.60. The number of nitrogens with one attached hydrogen (secondary N) is 2. The lowest BCUT2D eigenvalue weighted by atomic mass is 10.1. The number of carbonyl (C=O) groups excluding carboxylic acids is 3. The summed E-state index contributed by atoms with van der Waals surface area (Å²) in [5.41, 5.74) is 7.14. The first-order chi connectivity index (χ1) is 13.9. The number of nitrogens with two attached hydrogens (primary N) is 1. The van der Waals surface area contributed by atoms with E-state index in [1.807, 2.05) is 0 Å². The highest BCUT2D eigenvalue weighted by atomic mass is 32.2. The Morgan fingerprint density at radius 1 is 0.967 bits per heavy atom. The predicted octanol–water partition coefficient (Wildman–Crippen LogP) is 1.02. The smallest absolute Gasteiger partial charge is 0.255 e. The maximum atomic E-state index is 12.7. The standard InChI is InChI=1S/C20H24N4O5S/c1-12-9-15(10-17(13(12)2)30(28,29)24(3)4)20(27)23-16-7-5-14(6-8-16)19(26)22-11-18(21)25/h5-10H,11H2,1-4H3,(H2,21,25)(H,22,26)(H,23,27). The molecule has 0 spiro atoms. The quantitative estimate of drug-likeness (QED) is 0.600. The highest BCUT2D eigenvalue weighted by Gasteiger charge is 2.23. The first kappa shape index (κ1) is 23.0. The van der Waals surface area contributed by atoms with Crippen LogP contribution in [0.3, 0.4) is 0 Å². The van der Waals surface area contributed by atoms with Crippen molar-refractivity contribution in [2.24, 2.45) is 5.73 Å². The summed E-state index contributed by atoms with van der Waals surface area (Å²) < 4.78 is 26.2. The number of aryl methyl sites for hydroxylation is 1. The van der Waals surface area contributed by atoms with Gasteiger partial charge in [0.2, 0.25) is 15.9 Å². The molecule has 0 aromatic heterocycles. The summed E-state index contributed by atoms with van der Waals surface area (Å²) in [6.07, 6.45) is 0. The number of rotatable bonds is 7. The third-order valence-electron chi connectivity index (χ3n) is 4.47. The van der Waals surface area contributed by atoms with Gasteiger partial charge in [0.1, 0.15) is 0 Å². The van der Waals surface area contributed by atoms with Gasteiger partial charge in [0.05, 0.1) is 11.4 Å².